The van der Waals surface area contributed by atoms with Crippen molar-refractivity contribution < 1.29 is 23.6 Å². The molecule has 0 saturated heterocycles. The highest BCUT2D eigenvalue weighted by molar-refractivity contribution is 9.10. The molecule has 0 radical (unpaired) electrons. The molecule has 1 heterocycles. The van der Waals surface area contributed by atoms with Crippen LogP contribution in [0.1, 0.15) is 22.5 Å². The Bertz CT molecular complexity index is 1290. The maximum atomic E-state index is 14.0. The number of hydrogen-bond donors (Lipinski definition) is 1. The molecule has 0 unspecified atom stereocenters. The summed E-state index contributed by atoms with van der Waals surface area (Å²) in [5, 5.41) is 19.3. The van der Waals surface area contributed by atoms with Gasteiger partial charge in [-0.15, -0.1) is 0 Å². The molecule has 0 spiro atoms. The predicted octanol–water partition coefficient (Wildman–Crippen LogP) is 4.70. The number of nitrogens with one attached hydrogen (secondary N) is 1. The van der Waals surface area contributed by atoms with Crippen molar-refractivity contribution >= 4 is 45.3 Å². The molecule has 0 atom stereocenters. The molecule has 3 aromatic rings. The lowest BCUT2D eigenvalue weighted by molar-refractivity contribution is -0.386. The second-order valence-electron chi connectivity index (χ2n) is 7.25. The van der Waals surface area contributed by atoms with Gasteiger partial charge in [-0.1, -0.05) is 17.7 Å². The van der Waals surface area contributed by atoms with Gasteiger partial charge in [0.1, 0.15) is 30.4 Å². The largest absolute Gasteiger partial charge is 0.493 e. The Morgan fingerprint density at radius 3 is 2.77 bits per heavy atom. The minimum atomic E-state index is -0.534. The number of amides is 1. The number of methoxy groups -OCH3 is 1. The van der Waals surface area contributed by atoms with Gasteiger partial charge in [-0.05, 0) is 59.6 Å². The minimum Gasteiger partial charge on any atom is -0.493 e. The van der Waals surface area contributed by atoms with Crippen LogP contribution in [0.3, 0.4) is 0 Å². The third-order valence-electron chi connectivity index (χ3n) is 4.90. The molecular weight excluding hydrogens is 549 g/mol. The Labute approximate surface area is 213 Å². The number of aryl methyl sites for hydroxylation is 1. The zero-order chi connectivity index (χ0) is 25.7. The maximum Gasteiger partial charge on any atom is 0.312 e. The molecule has 1 amide bonds. The molecule has 0 aliphatic carbocycles. The lowest BCUT2D eigenvalue weighted by Crippen LogP contribution is -2.24. The number of ether oxygens (including phenoxy) is 2. The molecule has 13 heteroatoms. The first kappa shape index (κ1) is 26.1. The zero-order valence-electron chi connectivity index (χ0n) is 18.8. The Morgan fingerprint density at radius 1 is 1.40 bits per heavy atom. The number of nitro groups is 1. The highest BCUT2D eigenvalue weighted by Crippen LogP contribution is 2.37. The van der Waals surface area contributed by atoms with Gasteiger partial charge in [0.05, 0.1) is 27.7 Å². The van der Waals surface area contributed by atoms with Crippen molar-refractivity contribution in [2.75, 3.05) is 7.11 Å². The van der Waals surface area contributed by atoms with Gasteiger partial charge in [-0.3, -0.25) is 19.6 Å². The third kappa shape index (κ3) is 6.14. The summed E-state index contributed by atoms with van der Waals surface area (Å²) in [6.07, 6.45) is 1.38. The van der Waals surface area contributed by atoms with Crippen LogP contribution >= 0.6 is 27.5 Å². The van der Waals surface area contributed by atoms with E-state index in [2.05, 4.69) is 31.6 Å². The van der Waals surface area contributed by atoms with Gasteiger partial charge in [0.2, 0.25) is 0 Å². The molecule has 1 aromatic heterocycles. The first-order valence-electron chi connectivity index (χ1n) is 10.1. The molecule has 0 aliphatic heterocycles. The Morgan fingerprint density at radius 2 is 2.14 bits per heavy atom. The molecule has 1 N–H and O–H groups in total. The predicted molar refractivity (Wildman–Crippen MR) is 131 cm³/mol. The molecular formula is C22H20BrClFN5O5. The Kier molecular flexibility index (Phi) is 8.41. The van der Waals surface area contributed by atoms with Crippen molar-refractivity contribution in [1.82, 2.24) is 15.2 Å². The highest BCUT2D eigenvalue weighted by Gasteiger charge is 2.22. The second kappa shape index (κ2) is 11.3. The fourth-order valence-corrected chi connectivity index (χ4v) is 4.02. The third-order valence-corrected chi connectivity index (χ3v) is 5.84. The van der Waals surface area contributed by atoms with Crippen LogP contribution in [0, 0.1) is 29.8 Å². The molecule has 0 bridgehead atoms. The van der Waals surface area contributed by atoms with Gasteiger partial charge in [0, 0.05) is 5.56 Å². The van der Waals surface area contributed by atoms with E-state index in [0.717, 1.165) is 0 Å². The number of benzene rings is 2. The van der Waals surface area contributed by atoms with Gasteiger partial charge in [0.25, 0.3) is 5.91 Å². The van der Waals surface area contributed by atoms with E-state index in [0.29, 0.717) is 21.5 Å². The number of rotatable bonds is 9. The number of aromatic nitrogens is 2. The number of hydrogen-bond acceptors (Lipinski definition) is 7. The quantitative estimate of drug-likeness (QED) is 0.227. The molecule has 10 nitrogen and oxygen atoms in total. The average molecular weight is 569 g/mol. The van der Waals surface area contributed by atoms with Crippen LogP contribution in [-0.2, 0) is 17.9 Å². The van der Waals surface area contributed by atoms with E-state index in [1.54, 1.807) is 18.2 Å². The number of nitrogens with zero attached hydrogens (tertiary/aromatic N) is 4. The van der Waals surface area contributed by atoms with Gasteiger partial charge in [-0.25, -0.2) is 9.82 Å². The molecule has 3 rings (SSSR count). The standard InChI is InChI=1S/C22H20BrClFN5O5/c1-12-21(30(32)33)13(2)29(28-12)10-20(31)27-26-9-14-7-16(23)22(19(8-14)34-3)35-11-15-17(24)5-4-6-18(15)25/h4-9H,10-11H2,1-3H3,(H,27,31). The van der Waals surface area contributed by atoms with E-state index in [4.69, 9.17) is 21.1 Å². The molecule has 184 valence electrons. The summed E-state index contributed by atoms with van der Waals surface area (Å²) >= 11 is 9.45. The molecule has 35 heavy (non-hydrogen) atoms. The summed E-state index contributed by atoms with van der Waals surface area (Å²) < 4.78 is 26.9. The van der Waals surface area contributed by atoms with Gasteiger partial charge < -0.3 is 9.47 Å². The number of halogens is 3. The van der Waals surface area contributed by atoms with Crippen LogP contribution in [0.4, 0.5) is 10.1 Å². The summed E-state index contributed by atoms with van der Waals surface area (Å²) in [5.41, 5.74) is 3.49. The van der Waals surface area contributed by atoms with Crippen molar-refractivity contribution in [3.8, 4) is 11.5 Å². The lowest BCUT2D eigenvalue weighted by atomic mass is 10.2. The summed E-state index contributed by atoms with van der Waals surface area (Å²) in [6, 6.07) is 7.65. The van der Waals surface area contributed by atoms with E-state index < -0.39 is 16.6 Å². The van der Waals surface area contributed by atoms with Gasteiger partial charge >= 0.3 is 5.69 Å². The van der Waals surface area contributed by atoms with Crippen molar-refractivity contribution in [2.45, 2.75) is 27.0 Å². The SMILES string of the molecule is COc1cc(C=NNC(=O)Cn2nc(C)c([N+](=O)[O-])c2C)cc(Br)c1OCc1c(F)cccc1Cl. The van der Waals surface area contributed by atoms with Gasteiger partial charge in [-0.2, -0.15) is 10.2 Å². The van der Waals surface area contributed by atoms with Gasteiger partial charge in [0.15, 0.2) is 11.5 Å². The van der Waals surface area contributed by atoms with E-state index >= 15 is 0 Å². The van der Waals surface area contributed by atoms with Crippen LogP contribution in [-0.4, -0.2) is 33.9 Å². The smallest absolute Gasteiger partial charge is 0.312 e. The highest BCUT2D eigenvalue weighted by atomic mass is 79.9. The van der Waals surface area contributed by atoms with E-state index in [9.17, 15) is 19.3 Å². The summed E-state index contributed by atoms with van der Waals surface area (Å²) in [7, 11) is 1.45. The van der Waals surface area contributed by atoms with Crippen LogP contribution in [0.5, 0.6) is 11.5 Å². The second-order valence-corrected chi connectivity index (χ2v) is 8.51. The average Bonchev–Trinajstić information content (AvgIpc) is 3.06. The fraction of sp³-hybridized carbons (Fsp3) is 0.227. The molecule has 0 saturated carbocycles. The van der Waals surface area contributed by atoms with E-state index in [1.165, 1.54) is 44.0 Å². The summed E-state index contributed by atoms with van der Waals surface area (Å²) in [5.74, 6) is -0.328. The normalized spacial score (nSPS) is 11.0. The van der Waals surface area contributed by atoms with Crippen molar-refractivity contribution in [1.29, 1.82) is 0 Å². The van der Waals surface area contributed by atoms with E-state index in [-0.39, 0.29) is 40.8 Å². The number of hydrazone groups is 1. The van der Waals surface area contributed by atoms with Crippen molar-refractivity contribution in [3.05, 3.63) is 78.3 Å². The fourth-order valence-electron chi connectivity index (χ4n) is 3.22. The van der Waals surface area contributed by atoms with Crippen LogP contribution in [0.25, 0.3) is 0 Å². The summed E-state index contributed by atoms with van der Waals surface area (Å²) in [4.78, 5) is 22.8. The van der Waals surface area contributed by atoms with E-state index in [1.807, 2.05) is 0 Å². The molecule has 0 aliphatic rings. The monoisotopic (exact) mass is 567 g/mol. The van der Waals surface area contributed by atoms with Crippen molar-refractivity contribution in [3.63, 3.8) is 0 Å². The van der Waals surface area contributed by atoms with Crippen LogP contribution in [0.2, 0.25) is 5.02 Å². The van der Waals surface area contributed by atoms with Crippen LogP contribution in [0.15, 0.2) is 39.9 Å². The summed E-state index contributed by atoms with van der Waals surface area (Å²) in [6.45, 7) is 2.66. The Balaban J connectivity index is 1.68. The minimum absolute atomic E-state index is 0.117. The maximum absolute atomic E-state index is 14.0. The number of carbonyl (C=O) groups excluding carboxylic acids is 1. The topological polar surface area (TPSA) is 121 Å². The Hall–Kier alpha value is -3.51. The molecule has 2 aromatic carbocycles. The lowest BCUT2D eigenvalue weighted by Gasteiger charge is -2.14. The van der Waals surface area contributed by atoms with Crippen LogP contribution < -0.4 is 14.9 Å². The zero-order valence-corrected chi connectivity index (χ0v) is 21.2. The molecule has 0 fully saturated rings. The number of carbonyl (C=O) groups is 1. The van der Waals surface area contributed by atoms with Crippen molar-refractivity contribution in [2.24, 2.45) is 5.10 Å². The first-order valence-corrected chi connectivity index (χ1v) is 11.2. The first-order chi connectivity index (χ1) is 16.6.